The average Bonchev–Trinajstić information content (AvgIpc) is 2.90. The molecule has 0 bridgehead atoms. The highest BCUT2D eigenvalue weighted by atomic mass is 19.4. The number of nitrogens with one attached hydrogen (secondary N) is 1. The summed E-state index contributed by atoms with van der Waals surface area (Å²) in [6.07, 6.45) is -3.64. The number of nitrogens with zero attached hydrogens (tertiary/aromatic N) is 1. The summed E-state index contributed by atoms with van der Waals surface area (Å²) in [4.78, 5) is 2.03. The molecule has 2 unspecified atom stereocenters. The van der Waals surface area contributed by atoms with Gasteiger partial charge in [-0.1, -0.05) is 12.1 Å². The number of hydrogen-bond acceptors (Lipinski definition) is 3. The average molecular weight is 272 g/mol. The summed E-state index contributed by atoms with van der Waals surface area (Å²) in [7, 11) is 0. The maximum atomic E-state index is 12.4. The summed E-state index contributed by atoms with van der Waals surface area (Å²) in [6.45, 7) is 2.56. The van der Waals surface area contributed by atoms with Gasteiger partial charge in [0.25, 0.3) is 0 Å². The predicted molar refractivity (Wildman–Crippen MR) is 65.2 cm³/mol. The molecule has 19 heavy (non-hydrogen) atoms. The van der Waals surface area contributed by atoms with Crippen molar-refractivity contribution >= 4 is 5.69 Å². The van der Waals surface area contributed by atoms with Gasteiger partial charge in [0.15, 0.2) is 5.75 Å². The number of anilines is 1. The molecule has 3 nitrogen and oxygen atoms in total. The van der Waals surface area contributed by atoms with E-state index in [-0.39, 0.29) is 11.8 Å². The molecule has 2 atom stereocenters. The maximum absolute atomic E-state index is 12.4. The molecule has 0 amide bonds. The highest BCUT2D eigenvalue weighted by Crippen LogP contribution is 2.38. The Morgan fingerprint density at radius 3 is 2.79 bits per heavy atom. The minimum Gasteiger partial charge on any atom is -0.404 e. The van der Waals surface area contributed by atoms with Crippen LogP contribution in [0.15, 0.2) is 24.3 Å². The Labute approximate surface area is 109 Å². The lowest BCUT2D eigenvalue weighted by Crippen LogP contribution is -2.34. The van der Waals surface area contributed by atoms with Gasteiger partial charge in [-0.05, 0) is 24.5 Å². The van der Waals surface area contributed by atoms with Crippen LogP contribution in [-0.4, -0.2) is 32.0 Å². The van der Waals surface area contributed by atoms with Crippen molar-refractivity contribution in [1.29, 1.82) is 0 Å². The molecule has 0 spiro atoms. The van der Waals surface area contributed by atoms with Crippen LogP contribution in [0, 0.1) is 5.92 Å². The number of para-hydroxylation sites is 2. The molecule has 3 rings (SSSR count). The van der Waals surface area contributed by atoms with Gasteiger partial charge in [0.05, 0.1) is 5.69 Å². The van der Waals surface area contributed by atoms with Crippen molar-refractivity contribution in [3.8, 4) is 5.75 Å². The van der Waals surface area contributed by atoms with Gasteiger partial charge in [0, 0.05) is 25.7 Å². The number of fused-ring (bicyclic) bond motifs is 1. The van der Waals surface area contributed by atoms with Crippen LogP contribution in [0.4, 0.5) is 18.9 Å². The van der Waals surface area contributed by atoms with Gasteiger partial charge in [-0.25, -0.2) is 0 Å². The monoisotopic (exact) mass is 272 g/mol. The van der Waals surface area contributed by atoms with Crippen molar-refractivity contribution in [2.45, 2.75) is 18.8 Å². The van der Waals surface area contributed by atoms with Crippen LogP contribution in [0.1, 0.15) is 6.42 Å². The zero-order chi connectivity index (χ0) is 13.5. The van der Waals surface area contributed by atoms with Crippen molar-refractivity contribution in [1.82, 2.24) is 5.32 Å². The van der Waals surface area contributed by atoms with E-state index in [1.165, 1.54) is 6.07 Å². The number of ether oxygens (including phenoxy) is 1. The van der Waals surface area contributed by atoms with Crippen LogP contribution < -0.4 is 15.0 Å². The molecule has 0 radical (unpaired) electrons. The zero-order valence-corrected chi connectivity index (χ0v) is 10.3. The van der Waals surface area contributed by atoms with E-state index in [4.69, 9.17) is 0 Å². The molecule has 1 aromatic rings. The van der Waals surface area contributed by atoms with Crippen LogP contribution in [-0.2, 0) is 0 Å². The minimum atomic E-state index is -4.65. The Morgan fingerprint density at radius 2 is 2.00 bits per heavy atom. The second-order valence-corrected chi connectivity index (χ2v) is 4.98. The third kappa shape index (κ3) is 2.49. The van der Waals surface area contributed by atoms with E-state index in [0.29, 0.717) is 11.6 Å². The molecule has 2 fully saturated rings. The molecule has 0 aliphatic carbocycles. The Hall–Kier alpha value is -1.43. The van der Waals surface area contributed by atoms with Crippen molar-refractivity contribution in [3.63, 3.8) is 0 Å². The van der Waals surface area contributed by atoms with Crippen molar-refractivity contribution in [3.05, 3.63) is 24.3 Å². The molecule has 1 N–H and O–H groups in total. The minimum absolute atomic E-state index is 0.109. The van der Waals surface area contributed by atoms with Crippen molar-refractivity contribution in [2.24, 2.45) is 5.92 Å². The van der Waals surface area contributed by atoms with Gasteiger partial charge in [-0.2, -0.15) is 0 Å². The molecule has 2 aliphatic heterocycles. The van der Waals surface area contributed by atoms with Crippen LogP contribution in [0.2, 0.25) is 0 Å². The Morgan fingerprint density at radius 1 is 1.21 bits per heavy atom. The largest absolute Gasteiger partial charge is 0.573 e. The Bertz CT molecular complexity index is 463. The topological polar surface area (TPSA) is 24.5 Å². The van der Waals surface area contributed by atoms with Gasteiger partial charge < -0.3 is 15.0 Å². The van der Waals surface area contributed by atoms with Crippen LogP contribution in [0.3, 0.4) is 0 Å². The number of halogens is 3. The van der Waals surface area contributed by atoms with Gasteiger partial charge >= 0.3 is 6.36 Å². The van der Waals surface area contributed by atoms with E-state index in [1.54, 1.807) is 18.2 Å². The standard InChI is InChI=1S/C13H15F3N2O/c14-13(15,16)19-12-4-2-1-3-10(12)18-6-5-9-7-17-8-11(9)18/h1-4,9,11,17H,5-8H2. The molecule has 0 saturated carbocycles. The number of benzene rings is 1. The molecular weight excluding hydrogens is 257 g/mol. The fourth-order valence-electron chi connectivity index (χ4n) is 3.05. The number of alkyl halides is 3. The fraction of sp³-hybridized carbons (Fsp3) is 0.538. The third-order valence-corrected chi connectivity index (χ3v) is 3.85. The Balaban J connectivity index is 1.88. The van der Waals surface area contributed by atoms with Crippen LogP contribution >= 0.6 is 0 Å². The first-order valence-corrected chi connectivity index (χ1v) is 6.37. The predicted octanol–water partition coefficient (Wildman–Crippen LogP) is 2.38. The zero-order valence-electron chi connectivity index (χ0n) is 10.3. The second-order valence-electron chi connectivity index (χ2n) is 4.98. The van der Waals surface area contributed by atoms with E-state index < -0.39 is 6.36 Å². The van der Waals surface area contributed by atoms with E-state index in [0.717, 1.165) is 26.1 Å². The first-order valence-electron chi connectivity index (χ1n) is 6.37. The molecule has 2 saturated heterocycles. The van der Waals surface area contributed by atoms with Gasteiger partial charge in [0.2, 0.25) is 0 Å². The van der Waals surface area contributed by atoms with E-state index in [1.807, 2.05) is 4.90 Å². The van der Waals surface area contributed by atoms with E-state index >= 15 is 0 Å². The third-order valence-electron chi connectivity index (χ3n) is 3.85. The molecule has 2 heterocycles. The fourth-order valence-corrected chi connectivity index (χ4v) is 3.05. The van der Waals surface area contributed by atoms with Crippen molar-refractivity contribution in [2.75, 3.05) is 24.5 Å². The van der Waals surface area contributed by atoms with Gasteiger partial charge in [-0.15, -0.1) is 13.2 Å². The lowest BCUT2D eigenvalue weighted by molar-refractivity contribution is -0.274. The van der Waals surface area contributed by atoms with Crippen molar-refractivity contribution < 1.29 is 17.9 Å². The SMILES string of the molecule is FC(F)(F)Oc1ccccc1N1CCC2CNCC21. The second kappa shape index (κ2) is 4.59. The highest BCUT2D eigenvalue weighted by Gasteiger charge is 2.39. The molecule has 6 heteroatoms. The summed E-state index contributed by atoms with van der Waals surface area (Å²) in [5, 5.41) is 3.29. The first-order chi connectivity index (χ1) is 9.04. The van der Waals surface area contributed by atoms with Crippen LogP contribution in [0.25, 0.3) is 0 Å². The molecule has 1 aromatic carbocycles. The van der Waals surface area contributed by atoms with Crippen LogP contribution in [0.5, 0.6) is 5.75 Å². The molecule has 104 valence electrons. The maximum Gasteiger partial charge on any atom is 0.573 e. The van der Waals surface area contributed by atoms with E-state index in [2.05, 4.69) is 10.1 Å². The van der Waals surface area contributed by atoms with Gasteiger partial charge in [0.1, 0.15) is 0 Å². The summed E-state index contributed by atoms with van der Waals surface area (Å²) in [5.74, 6) is 0.418. The quantitative estimate of drug-likeness (QED) is 0.894. The summed E-state index contributed by atoms with van der Waals surface area (Å²) < 4.78 is 41.4. The molecule has 0 aromatic heterocycles. The lowest BCUT2D eigenvalue weighted by atomic mass is 10.0. The summed E-state index contributed by atoms with van der Waals surface area (Å²) >= 11 is 0. The Kier molecular flexibility index (Phi) is 3.05. The summed E-state index contributed by atoms with van der Waals surface area (Å²) in [5.41, 5.74) is 0.538. The molecular formula is C13H15F3N2O. The first kappa shape index (κ1) is 12.6. The smallest absolute Gasteiger partial charge is 0.404 e. The molecule has 2 aliphatic rings. The van der Waals surface area contributed by atoms with E-state index in [9.17, 15) is 13.2 Å². The highest BCUT2D eigenvalue weighted by molar-refractivity contribution is 5.60. The van der Waals surface area contributed by atoms with Gasteiger partial charge in [-0.3, -0.25) is 0 Å². The number of rotatable bonds is 2. The number of hydrogen-bond donors (Lipinski definition) is 1. The summed E-state index contributed by atoms with van der Waals surface area (Å²) in [6, 6.07) is 6.65. The lowest BCUT2D eigenvalue weighted by Gasteiger charge is -2.27. The normalized spacial score (nSPS) is 26.6.